The lowest BCUT2D eigenvalue weighted by Crippen LogP contribution is -2.12. The van der Waals surface area contributed by atoms with Gasteiger partial charge in [-0.1, -0.05) is 0 Å². The first-order chi connectivity index (χ1) is 6.93. The molecule has 0 bridgehead atoms. The number of carboxylic acids is 1. The van der Waals surface area contributed by atoms with E-state index < -0.39 is 22.7 Å². The van der Waals surface area contributed by atoms with Gasteiger partial charge in [-0.25, -0.2) is 4.79 Å². The summed E-state index contributed by atoms with van der Waals surface area (Å²) in [4.78, 5) is 20.4. The number of carboxylic acid groups (broad SMARTS) is 1. The third-order valence-corrected chi connectivity index (χ3v) is 2.39. The number of hydrogen-bond donors (Lipinski definition) is 2. The lowest BCUT2D eigenvalue weighted by molar-refractivity contribution is -0.386. The summed E-state index contributed by atoms with van der Waals surface area (Å²) in [5, 5.41) is 28.3. The number of aliphatic carboxylic acids is 1. The zero-order chi connectivity index (χ0) is 11.6. The number of nitro benzene ring substituents is 1. The molecule has 80 valence electrons. The van der Waals surface area contributed by atoms with Crippen molar-refractivity contribution >= 4 is 34.2 Å². The van der Waals surface area contributed by atoms with Gasteiger partial charge in [0, 0.05) is 9.64 Å². The van der Waals surface area contributed by atoms with E-state index in [0.717, 1.165) is 0 Å². The average Bonchev–Trinajstić information content (AvgIpc) is 2.16. The van der Waals surface area contributed by atoms with Gasteiger partial charge in [-0.15, -0.1) is 0 Å². The van der Waals surface area contributed by atoms with Crippen LogP contribution in [0.1, 0.15) is 11.7 Å². The van der Waals surface area contributed by atoms with Crippen LogP contribution in [0.5, 0.6) is 0 Å². The fourth-order valence-electron chi connectivity index (χ4n) is 1.04. The van der Waals surface area contributed by atoms with Crippen molar-refractivity contribution in [3.63, 3.8) is 0 Å². The van der Waals surface area contributed by atoms with Crippen molar-refractivity contribution in [3.8, 4) is 0 Å². The maximum atomic E-state index is 10.6. The molecular formula is C8H6INO5. The fraction of sp³-hybridized carbons (Fsp3) is 0.125. The molecule has 6 nitrogen and oxygen atoms in total. The summed E-state index contributed by atoms with van der Waals surface area (Å²) in [6, 6.07) is 3.94. The van der Waals surface area contributed by atoms with Crippen LogP contribution in [0.25, 0.3) is 0 Å². The van der Waals surface area contributed by atoms with Crippen molar-refractivity contribution in [1.82, 2.24) is 0 Å². The third-order valence-electron chi connectivity index (χ3n) is 1.72. The lowest BCUT2D eigenvalue weighted by atomic mass is 10.1. The molecule has 1 aromatic rings. The molecule has 1 aromatic carbocycles. The highest BCUT2D eigenvalue weighted by atomic mass is 127. The Morgan fingerprint density at radius 2 is 2.13 bits per heavy atom. The molecule has 0 heterocycles. The summed E-state index contributed by atoms with van der Waals surface area (Å²) in [5.41, 5.74) is -0.607. The SMILES string of the molecule is O=C(O)C(O)c1ccc(I)cc1[N+](=O)[O-]. The van der Waals surface area contributed by atoms with Gasteiger partial charge in [0.25, 0.3) is 5.69 Å². The predicted molar refractivity (Wildman–Crippen MR) is 58.4 cm³/mol. The molecule has 7 heteroatoms. The molecule has 1 unspecified atom stereocenters. The van der Waals surface area contributed by atoms with Gasteiger partial charge in [0.15, 0.2) is 6.10 Å². The van der Waals surface area contributed by atoms with Crippen molar-refractivity contribution in [1.29, 1.82) is 0 Å². The van der Waals surface area contributed by atoms with Crippen LogP contribution in [0.4, 0.5) is 5.69 Å². The van der Waals surface area contributed by atoms with E-state index in [9.17, 15) is 20.0 Å². The van der Waals surface area contributed by atoms with Crippen LogP contribution in [0, 0.1) is 13.7 Å². The number of hydrogen-bond acceptors (Lipinski definition) is 4. The molecule has 0 spiro atoms. The number of benzene rings is 1. The molecule has 0 saturated carbocycles. The van der Waals surface area contributed by atoms with E-state index in [-0.39, 0.29) is 5.56 Å². The zero-order valence-corrected chi connectivity index (χ0v) is 9.41. The minimum atomic E-state index is -1.87. The van der Waals surface area contributed by atoms with Crippen molar-refractivity contribution in [2.45, 2.75) is 6.10 Å². The number of aliphatic hydroxyl groups excluding tert-OH is 1. The van der Waals surface area contributed by atoms with Gasteiger partial charge in [0.1, 0.15) is 0 Å². The van der Waals surface area contributed by atoms with Crippen LogP contribution in [0.2, 0.25) is 0 Å². The van der Waals surface area contributed by atoms with Gasteiger partial charge in [-0.05, 0) is 34.7 Å². The largest absolute Gasteiger partial charge is 0.479 e. The highest BCUT2D eigenvalue weighted by Gasteiger charge is 2.25. The van der Waals surface area contributed by atoms with Gasteiger partial charge in [0.05, 0.1) is 10.5 Å². The Morgan fingerprint density at radius 3 is 2.60 bits per heavy atom. The quantitative estimate of drug-likeness (QED) is 0.496. The molecular weight excluding hydrogens is 317 g/mol. The Kier molecular flexibility index (Phi) is 3.58. The Bertz CT molecular complexity index is 419. The predicted octanol–water partition coefficient (Wildman–Crippen LogP) is 1.32. The van der Waals surface area contributed by atoms with Gasteiger partial charge in [-0.3, -0.25) is 10.1 Å². The summed E-state index contributed by atoms with van der Waals surface area (Å²) >= 11 is 1.86. The first kappa shape index (κ1) is 11.9. The summed E-state index contributed by atoms with van der Waals surface area (Å²) < 4.78 is 0.598. The van der Waals surface area contributed by atoms with E-state index in [1.54, 1.807) is 0 Å². The second-order valence-electron chi connectivity index (χ2n) is 2.70. The Labute approximate surface area is 97.8 Å². The molecule has 0 aliphatic rings. The van der Waals surface area contributed by atoms with E-state index in [2.05, 4.69) is 0 Å². The number of halogens is 1. The standard InChI is InChI=1S/C8H6INO5/c9-4-1-2-5(7(11)8(12)13)6(3-4)10(14)15/h1-3,7,11H,(H,12,13). The minimum absolute atomic E-state index is 0.215. The molecule has 15 heavy (non-hydrogen) atoms. The van der Waals surface area contributed by atoms with E-state index in [4.69, 9.17) is 5.11 Å². The summed E-state index contributed by atoms with van der Waals surface area (Å²) in [6.07, 6.45) is -1.87. The summed E-state index contributed by atoms with van der Waals surface area (Å²) in [7, 11) is 0. The van der Waals surface area contributed by atoms with Crippen LogP contribution < -0.4 is 0 Å². The molecule has 0 aromatic heterocycles. The van der Waals surface area contributed by atoms with Crippen LogP contribution in [0.15, 0.2) is 18.2 Å². The highest BCUT2D eigenvalue weighted by Crippen LogP contribution is 2.27. The zero-order valence-electron chi connectivity index (χ0n) is 7.25. The van der Waals surface area contributed by atoms with Gasteiger partial charge < -0.3 is 10.2 Å². The fourth-order valence-corrected chi connectivity index (χ4v) is 1.51. The Morgan fingerprint density at radius 1 is 1.53 bits per heavy atom. The number of aliphatic hydroxyl groups is 1. The second kappa shape index (κ2) is 4.53. The van der Waals surface area contributed by atoms with E-state index in [1.807, 2.05) is 22.6 Å². The van der Waals surface area contributed by atoms with Gasteiger partial charge in [0.2, 0.25) is 0 Å². The number of nitro groups is 1. The summed E-state index contributed by atoms with van der Waals surface area (Å²) in [6.45, 7) is 0. The molecule has 1 atom stereocenters. The van der Waals surface area contributed by atoms with Crippen LogP contribution >= 0.6 is 22.6 Å². The lowest BCUT2D eigenvalue weighted by Gasteiger charge is -2.06. The molecule has 0 aliphatic heterocycles. The maximum Gasteiger partial charge on any atom is 0.337 e. The third kappa shape index (κ3) is 2.63. The monoisotopic (exact) mass is 323 g/mol. The topological polar surface area (TPSA) is 101 Å². The molecule has 0 amide bonds. The van der Waals surface area contributed by atoms with Crippen LogP contribution in [0.3, 0.4) is 0 Å². The average molecular weight is 323 g/mol. The Hall–Kier alpha value is -1.22. The minimum Gasteiger partial charge on any atom is -0.479 e. The van der Waals surface area contributed by atoms with Crippen molar-refractivity contribution in [2.24, 2.45) is 0 Å². The molecule has 0 aliphatic carbocycles. The van der Waals surface area contributed by atoms with Gasteiger partial charge in [-0.2, -0.15) is 0 Å². The van der Waals surface area contributed by atoms with E-state index >= 15 is 0 Å². The molecule has 1 rings (SSSR count). The molecule has 0 radical (unpaired) electrons. The number of nitrogens with zero attached hydrogens (tertiary/aromatic N) is 1. The molecule has 2 N–H and O–H groups in total. The first-order valence-electron chi connectivity index (χ1n) is 3.78. The number of carbonyl (C=O) groups is 1. The summed E-state index contributed by atoms with van der Waals surface area (Å²) in [5.74, 6) is -1.51. The van der Waals surface area contributed by atoms with Crippen molar-refractivity contribution in [3.05, 3.63) is 37.4 Å². The van der Waals surface area contributed by atoms with E-state index in [1.165, 1.54) is 18.2 Å². The van der Waals surface area contributed by atoms with Gasteiger partial charge >= 0.3 is 5.97 Å². The maximum absolute atomic E-state index is 10.6. The van der Waals surface area contributed by atoms with Crippen LogP contribution in [-0.4, -0.2) is 21.1 Å². The highest BCUT2D eigenvalue weighted by molar-refractivity contribution is 14.1. The van der Waals surface area contributed by atoms with Crippen molar-refractivity contribution in [2.75, 3.05) is 0 Å². The molecule has 0 saturated heterocycles. The molecule has 0 fully saturated rings. The van der Waals surface area contributed by atoms with Crippen LogP contribution in [-0.2, 0) is 4.79 Å². The smallest absolute Gasteiger partial charge is 0.337 e. The first-order valence-corrected chi connectivity index (χ1v) is 4.86. The Balaban J connectivity index is 3.28. The van der Waals surface area contributed by atoms with E-state index in [0.29, 0.717) is 3.57 Å². The van der Waals surface area contributed by atoms with Crippen molar-refractivity contribution < 1.29 is 19.9 Å². The second-order valence-corrected chi connectivity index (χ2v) is 3.95. The normalized spacial score (nSPS) is 12.1. The number of rotatable bonds is 3.